The van der Waals surface area contributed by atoms with Crippen molar-refractivity contribution in [1.29, 1.82) is 0 Å². The van der Waals surface area contributed by atoms with E-state index >= 15 is 0 Å². The Labute approximate surface area is 273 Å². The lowest BCUT2D eigenvalue weighted by atomic mass is 10.0. The summed E-state index contributed by atoms with van der Waals surface area (Å²) in [4.78, 5) is 49.7. The minimum atomic E-state index is -1.24. The predicted molar refractivity (Wildman–Crippen MR) is 166 cm³/mol. The number of hydrogen-bond donors (Lipinski definition) is 3. The zero-order valence-corrected chi connectivity index (χ0v) is 26.8. The summed E-state index contributed by atoms with van der Waals surface area (Å²) >= 11 is 0. The van der Waals surface area contributed by atoms with Crippen LogP contribution in [0.2, 0.25) is 0 Å². The minimum Gasteiger partial charge on any atom is -0.476 e. The molecule has 0 radical (unpaired) electrons. The highest BCUT2D eigenvalue weighted by molar-refractivity contribution is 5.95. The van der Waals surface area contributed by atoms with Gasteiger partial charge in [-0.1, -0.05) is 41.0 Å². The summed E-state index contributed by atoms with van der Waals surface area (Å²) in [6, 6.07) is -0.973. The lowest BCUT2D eigenvalue weighted by Gasteiger charge is -2.18. The molecule has 48 heavy (non-hydrogen) atoms. The molecule has 1 aliphatic heterocycles. The standard InChI is InChI=1S/C28H26N8O9.C3H8/c1-4-14(29)23-32-16(8-42-23)24-30-5-13(6-40-24)22-31-15(7-41-22)21(37)36-20(12(2)3)27-34-18(10-45-27)25-33-17(9-43-25)26-35-19(11-44-26)28(38)39;1-3-2/h6-12,14,20H,4-5,29H2,1-3H3,(H,36,37)(H,38,39);3H2,1-2H3. The Morgan fingerprint density at radius 1 is 0.812 bits per heavy atom. The molecule has 0 bridgehead atoms. The Kier molecular flexibility index (Phi) is 10.3. The van der Waals surface area contributed by atoms with Crippen LogP contribution in [0.4, 0.5) is 0 Å². The quantitative estimate of drug-likeness (QED) is 0.160. The molecular formula is C31H34N8O9. The van der Waals surface area contributed by atoms with Gasteiger partial charge in [0.1, 0.15) is 43.6 Å². The molecule has 17 heteroatoms. The maximum atomic E-state index is 13.1. The van der Waals surface area contributed by atoms with E-state index in [0.29, 0.717) is 23.6 Å². The van der Waals surface area contributed by atoms with Gasteiger partial charge in [0.2, 0.25) is 35.4 Å². The number of aliphatic imine (C=N–C) groups is 1. The number of carbonyl (C=O) groups is 2. The van der Waals surface area contributed by atoms with Gasteiger partial charge < -0.3 is 43.0 Å². The van der Waals surface area contributed by atoms with E-state index in [2.05, 4.69) is 49.1 Å². The number of oxazole rings is 5. The van der Waals surface area contributed by atoms with Crippen molar-refractivity contribution in [3.63, 3.8) is 0 Å². The smallest absolute Gasteiger partial charge is 0.357 e. The van der Waals surface area contributed by atoms with Gasteiger partial charge in [-0.15, -0.1) is 0 Å². The van der Waals surface area contributed by atoms with Crippen LogP contribution >= 0.6 is 0 Å². The van der Waals surface area contributed by atoms with Crippen molar-refractivity contribution in [3.05, 3.63) is 72.3 Å². The number of ether oxygens (including phenoxy) is 1. The van der Waals surface area contributed by atoms with Crippen molar-refractivity contribution in [2.24, 2.45) is 16.6 Å². The number of nitrogens with zero attached hydrogens (tertiary/aromatic N) is 6. The summed E-state index contributed by atoms with van der Waals surface area (Å²) in [5, 5.41) is 11.9. The van der Waals surface area contributed by atoms with Crippen LogP contribution in [0, 0.1) is 5.92 Å². The maximum Gasteiger partial charge on any atom is 0.357 e. The Hall–Kier alpha value is -5.84. The number of carboxylic acids is 1. The van der Waals surface area contributed by atoms with Gasteiger partial charge in [-0.2, -0.15) is 0 Å². The SMILES string of the molecule is CCC.CCC(N)c1nc(C2=NCC(c3nc(C(=O)NC(c4nc(-c5nc(-c6nc(C(=O)O)co6)co5)co4)C(C)C)co3)=CO2)co1. The summed E-state index contributed by atoms with van der Waals surface area (Å²) in [5.74, 6) is -0.843. The van der Waals surface area contributed by atoms with Crippen molar-refractivity contribution in [3.8, 4) is 23.2 Å². The van der Waals surface area contributed by atoms with Gasteiger partial charge in [0.15, 0.2) is 28.5 Å². The topological polar surface area (TPSA) is 244 Å². The minimum absolute atomic E-state index is 0.0248. The first-order valence-electron chi connectivity index (χ1n) is 15.1. The molecule has 1 aliphatic rings. The molecule has 17 nitrogen and oxygen atoms in total. The molecule has 5 aromatic rings. The second-order valence-electron chi connectivity index (χ2n) is 10.9. The zero-order chi connectivity index (χ0) is 34.4. The van der Waals surface area contributed by atoms with Crippen molar-refractivity contribution >= 4 is 23.3 Å². The van der Waals surface area contributed by atoms with Gasteiger partial charge in [0, 0.05) is 0 Å². The van der Waals surface area contributed by atoms with Crippen LogP contribution in [-0.2, 0) is 4.74 Å². The number of hydrogen-bond acceptors (Lipinski definition) is 15. The van der Waals surface area contributed by atoms with E-state index in [0.717, 1.165) is 6.26 Å². The van der Waals surface area contributed by atoms with Gasteiger partial charge in [0.05, 0.1) is 18.2 Å². The zero-order valence-electron chi connectivity index (χ0n) is 26.8. The van der Waals surface area contributed by atoms with E-state index in [-0.39, 0.29) is 70.7 Å². The number of aromatic carboxylic acids is 1. The molecule has 0 fully saturated rings. The van der Waals surface area contributed by atoms with E-state index in [1.54, 1.807) is 0 Å². The van der Waals surface area contributed by atoms with Gasteiger partial charge in [-0.3, -0.25) is 4.79 Å². The third kappa shape index (κ3) is 7.41. The summed E-state index contributed by atoms with van der Waals surface area (Å²) < 4.78 is 32.8. The number of rotatable bonds is 11. The van der Waals surface area contributed by atoms with Crippen molar-refractivity contribution in [1.82, 2.24) is 30.2 Å². The van der Waals surface area contributed by atoms with Crippen molar-refractivity contribution in [2.75, 3.05) is 6.54 Å². The number of nitrogens with one attached hydrogen (secondary N) is 1. The molecule has 0 spiro atoms. The van der Waals surface area contributed by atoms with Crippen LogP contribution in [0.5, 0.6) is 0 Å². The largest absolute Gasteiger partial charge is 0.476 e. The first kappa shape index (κ1) is 33.5. The van der Waals surface area contributed by atoms with Crippen molar-refractivity contribution in [2.45, 2.75) is 59.5 Å². The average molecular weight is 663 g/mol. The summed E-state index contributed by atoms with van der Waals surface area (Å²) in [5.41, 5.74) is 7.05. The van der Waals surface area contributed by atoms with E-state index in [1.807, 2.05) is 20.8 Å². The monoisotopic (exact) mass is 662 g/mol. The van der Waals surface area contributed by atoms with Crippen LogP contribution in [0.15, 0.2) is 64.7 Å². The Balaban J connectivity index is 0.00000145. The number of carboxylic acid groups (broad SMARTS) is 1. The van der Waals surface area contributed by atoms with E-state index in [9.17, 15) is 9.59 Å². The summed E-state index contributed by atoms with van der Waals surface area (Å²) in [7, 11) is 0. The van der Waals surface area contributed by atoms with Crippen LogP contribution in [0.1, 0.15) is 104 Å². The fraction of sp³-hybridized carbons (Fsp3) is 0.355. The highest BCUT2D eigenvalue weighted by Crippen LogP contribution is 2.28. The van der Waals surface area contributed by atoms with Crippen molar-refractivity contribution < 1.29 is 41.5 Å². The normalized spacial score (nSPS) is 14.0. The number of amides is 1. The highest BCUT2D eigenvalue weighted by atomic mass is 16.5. The lowest BCUT2D eigenvalue weighted by Crippen LogP contribution is -2.32. The summed E-state index contributed by atoms with van der Waals surface area (Å²) in [6.07, 6.45) is 9.57. The fourth-order valence-corrected chi connectivity index (χ4v) is 4.11. The van der Waals surface area contributed by atoms with E-state index < -0.39 is 17.9 Å². The third-order valence-electron chi connectivity index (χ3n) is 6.62. The molecule has 252 valence electrons. The molecule has 6 rings (SSSR count). The second-order valence-corrected chi connectivity index (χ2v) is 10.9. The van der Waals surface area contributed by atoms with Crippen LogP contribution in [0.3, 0.4) is 0 Å². The Morgan fingerprint density at radius 2 is 1.40 bits per heavy atom. The first-order valence-corrected chi connectivity index (χ1v) is 15.1. The number of nitrogens with two attached hydrogens (primary N) is 1. The van der Waals surface area contributed by atoms with Gasteiger partial charge in [-0.05, 0) is 12.3 Å². The molecule has 0 saturated carbocycles. The lowest BCUT2D eigenvalue weighted by molar-refractivity contribution is 0.0690. The molecule has 5 aromatic heterocycles. The fourth-order valence-electron chi connectivity index (χ4n) is 4.11. The first-order chi connectivity index (χ1) is 23.1. The number of aromatic nitrogens is 5. The number of carbonyl (C=O) groups excluding carboxylic acids is 1. The molecule has 0 saturated heterocycles. The van der Waals surface area contributed by atoms with Crippen LogP contribution in [-0.4, -0.2) is 54.3 Å². The average Bonchev–Trinajstić information content (AvgIpc) is 3.91. The molecule has 2 atom stereocenters. The molecule has 2 unspecified atom stereocenters. The molecule has 0 aliphatic carbocycles. The molecule has 4 N–H and O–H groups in total. The highest BCUT2D eigenvalue weighted by Gasteiger charge is 2.28. The molecule has 0 aromatic carbocycles. The summed E-state index contributed by atoms with van der Waals surface area (Å²) in [6.45, 7) is 10.1. The maximum absolute atomic E-state index is 13.1. The van der Waals surface area contributed by atoms with Crippen LogP contribution in [0.25, 0.3) is 28.7 Å². The Morgan fingerprint density at radius 3 is 2.06 bits per heavy atom. The Bertz CT molecular complexity index is 1930. The van der Waals surface area contributed by atoms with Crippen LogP contribution < -0.4 is 11.1 Å². The second kappa shape index (κ2) is 14.7. The van der Waals surface area contributed by atoms with E-state index in [1.165, 1.54) is 37.7 Å². The molecule has 6 heterocycles. The molecular weight excluding hydrogens is 628 g/mol. The van der Waals surface area contributed by atoms with Gasteiger partial charge in [-0.25, -0.2) is 34.7 Å². The van der Waals surface area contributed by atoms with Gasteiger partial charge in [0.25, 0.3) is 5.91 Å². The third-order valence-corrected chi connectivity index (χ3v) is 6.62. The molecule has 1 amide bonds. The van der Waals surface area contributed by atoms with E-state index in [4.69, 9.17) is 37.7 Å². The predicted octanol–water partition coefficient (Wildman–Crippen LogP) is 5.43. The van der Waals surface area contributed by atoms with Gasteiger partial charge >= 0.3 is 5.97 Å².